The van der Waals surface area contributed by atoms with Crippen molar-refractivity contribution in [2.75, 3.05) is 0 Å². The minimum Gasteiger partial charge on any atom is -1.00 e. The van der Waals surface area contributed by atoms with E-state index in [2.05, 4.69) is 77.9 Å². The molecule has 4 heteroatoms. The Labute approximate surface area is 206 Å². The van der Waals surface area contributed by atoms with Gasteiger partial charge in [-0.2, -0.15) is 34.4 Å². The Morgan fingerprint density at radius 3 is 1.17 bits per heavy atom. The summed E-state index contributed by atoms with van der Waals surface area (Å²) in [6, 6.07) is 15.7. The molecule has 0 aliphatic carbocycles. The van der Waals surface area contributed by atoms with E-state index in [9.17, 15) is 0 Å². The maximum Gasteiger partial charge on any atom is 4.00 e. The van der Waals surface area contributed by atoms with Crippen LogP contribution in [0.25, 0.3) is 0 Å². The molecule has 2 rings (SSSR count). The van der Waals surface area contributed by atoms with Crippen molar-refractivity contribution in [3.05, 3.63) is 58.7 Å². The van der Waals surface area contributed by atoms with Crippen molar-refractivity contribution in [3.8, 4) is 0 Å². The van der Waals surface area contributed by atoms with Crippen LogP contribution in [0.4, 0.5) is 0 Å². The fourth-order valence-corrected chi connectivity index (χ4v) is 2.75. The summed E-state index contributed by atoms with van der Waals surface area (Å²) < 4.78 is 0. The number of aryl methyl sites for hydroxylation is 4. The van der Waals surface area contributed by atoms with Gasteiger partial charge in [-0.25, -0.2) is 24.3 Å². The van der Waals surface area contributed by atoms with Gasteiger partial charge in [0, 0.05) is 9.52 Å². The van der Waals surface area contributed by atoms with Crippen LogP contribution in [-0.4, -0.2) is 9.52 Å². The average molecular weight is 647 g/mol. The van der Waals surface area contributed by atoms with Crippen molar-refractivity contribution < 1.29 is 74.2 Å². The zero-order chi connectivity index (χ0) is 16.1. The molecule has 0 spiro atoms. The maximum atomic E-state index is 2.25. The Morgan fingerprint density at radius 2 is 1.08 bits per heavy atom. The summed E-state index contributed by atoms with van der Waals surface area (Å²) in [6.45, 7) is 13.2. The molecule has 0 aromatic heterocycles. The summed E-state index contributed by atoms with van der Waals surface area (Å²) in [5.41, 5.74) is 5.80. The van der Waals surface area contributed by atoms with Gasteiger partial charge in [0.15, 0.2) is 0 Å². The van der Waals surface area contributed by atoms with Crippen molar-refractivity contribution in [3.63, 3.8) is 0 Å². The van der Waals surface area contributed by atoms with Gasteiger partial charge in [-0.05, 0) is 0 Å². The third-order valence-corrected chi connectivity index (χ3v) is 4.79. The summed E-state index contributed by atoms with van der Waals surface area (Å²) >= 11 is 0. The zero-order valence-electron chi connectivity index (χ0n) is 16.1. The van der Waals surface area contributed by atoms with Crippen molar-refractivity contribution >= 4 is 9.52 Å². The summed E-state index contributed by atoms with van der Waals surface area (Å²) in [6.07, 6.45) is 2.33. The predicted octanol–water partition coefficient (Wildman–Crippen LogP) is -0.143. The minimum absolute atomic E-state index is 0. The van der Waals surface area contributed by atoms with Gasteiger partial charge in [0.05, 0.1) is 0 Å². The van der Waals surface area contributed by atoms with Gasteiger partial charge >= 0.3 is 26.2 Å². The van der Waals surface area contributed by atoms with E-state index < -0.39 is 0 Å². The van der Waals surface area contributed by atoms with Gasteiger partial charge in [0.2, 0.25) is 0 Å². The van der Waals surface area contributed by atoms with Gasteiger partial charge in [-0.3, -0.25) is 0 Å². The molecule has 0 N–H and O–H groups in total. The average Bonchev–Trinajstić information content (AvgIpc) is 3.09. The van der Waals surface area contributed by atoms with E-state index in [0.29, 0.717) is 0 Å². The third kappa shape index (κ3) is 15.5. The molecule has 0 nitrogen and oxygen atoms in total. The van der Waals surface area contributed by atoms with Crippen molar-refractivity contribution in [2.45, 2.75) is 66.5 Å². The Kier molecular flexibility index (Phi) is 30.6. The molecule has 0 fully saturated rings. The molecule has 0 unspecified atom stereocenters. The van der Waals surface area contributed by atoms with Crippen molar-refractivity contribution in [1.29, 1.82) is 0 Å². The second kappa shape index (κ2) is 22.3. The third-order valence-electron chi connectivity index (χ3n) is 3.64. The maximum absolute atomic E-state index is 2.25. The molecule has 0 aliphatic heterocycles. The first-order valence-electron chi connectivity index (χ1n) is 8.34. The Balaban J connectivity index is -0.000000121. The standard InChI is InChI=1S/2C8H11.C4H11Si.2HI.Zr/c2*1-3-8-6-4-5-7(8)2;1-3-5-4-2;;;/h2*4-6H,3H2,1-2H3;5H,3-4H2,1-2H3;2*1H;/q2*-1;;;;+4/p-2. The second-order valence-electron chi connectivity index (χ2n) is 5.28. The van der Waals surface area contributed by atoms with Gasteiger partial charge in [0.25, 0.3) is 0 Å². The van der Waals surface area contributed by atoms with Crippen LogP contribution in [0.3, 0.4) is 0 Å². The van der Waals surface area contributed by atoms with Gasteiger partial charge in [-0.15, -0.1) is 0 Å². The number of hydrogen-bond acceptors (Lipinski definition) is 0. The molecule has 0 amide bonds. The number of hydrogen-bond donors (Lipinski definition) is 0. The van der Waals surface area contributed by atoms with E-state index in [0.717, 1.165) is 9.52 Å². The first kappa shape index (κ1) is 32.9. The fourth-order valence-electron chi connectivity index (χ4n) is 2.18. The molecule has 2 aromatic rings. The van der Waals surface area contributed by atoms with E-state index in [1.165, 1.54) is 47.2 Å². The van der Waals surface area contributed by atoms with E-state index >= 15 is 0 Å². The van der Waals surface area contributed by atoms with Crippen LogP contribution in [0, 0.1) is 13.8 Å². The summed E-state index contributed by atoms with van der Waals surface area (Å²) in [5.74, 6) is 0. The molecular weight excluding hydrogens is 613 g/mol. The van der Waals surface area contributed by atoms with E-state index in [4.69, 9.17) is 0 Å². The largest absolute Gasteiger partial charge is 4.00 e. The van der Waals surface area contributed by atoms with Crippen molar-refractivity contribution in [1.82, 2.24) is 0 Å². The Hall–Kier alpha value is 1.26. The van der Waals surface area contributed by atoms with Crippen LogP contribution >= 0.6 is 0 Å². The van der Waals surface area contributed by atoms with Crippen LogP contribution in [0.15, 0.2) is 36.4 Å². The molecule has 135 valence electrons. The number of halogens is 2. The van der Waals surface area contributed by atoms with Crippen LogP contribution in [-0.2, 0) is 39.0 Å². The molecule has 1 radical (unpaired) electrons. The summed E-state index contributed by atoms with van der Waals surface area (Å²) in [7, 11) is 0.815. The van der Waals surface area contributed by atoms with Gasteiger partial charge < -0.3 is 48.0 Å². The summed E-state index contributed by atoms with van der Waals surface area (Å²) in [4.78, 5) is 0. The Bertz CT molecular complexity index is 421. The summed E-state index contributed by atoms with van der Waals surface area (Å²) in [5, 5.41) is 0. The van der Waals surface area contributed by atoms with Crippen LogP contribution in [0.1, 0.15) is 49.9 Å². The normalized spacial score (nSPS) is 8.25. The van der Waals surface area contributed by atoms with Crippen LogP contribution in [0.2, 0.25) is 12.1 Å². The molecule has 0 heterocycles. The van der Waals surface area contributed by atoms with Gasteiger partial charge in [-0.1, -0.05) is 66.5 Å². The second-order valence-corrected chi connectivity index (χ2v) is 7.49. The monoisotopic (exact) mass is 645 g/mol. The topological polar surface area (TPSA) is 0 Å². The molecule has 2 aromatic carbocycles. The van der Waals surface area contributed by atoms with Gasteiger partial charge in [0.1, 0.15) is 0 Å². The molecular formula is C20H33I2SiZr. The zero-order valence-corrected chi connectivity index (χ0v) is 24.1. The minimum atomic E-state index is 0. The van der Waals surface area contributed by atoms with E-state index in [-0.39, 0.29) is 74.2 Å². The fraction of sp³-hybridized carbons (Fsp3) is 0.500. The Morgan fingerprint density at radius 1 is 0.750 bits per heavy atom. The quantitative estimate of drug-likeness (QED) is 0.247. The molecule has 0 saturated heterocycles. The first-order chi connectivity index (χ1) is 10.1. The smallest absolute Gasteiger partial charge is 1.00 e. The SMILES string of the molecule is CC[SiH]CC.CC[c-]1cccc1C.CC[c-]1cccc1C.[I-].[I-].[Zr+4]. The van der Waals surface area contributed by atoms with Crippen LogP contribution in [0.5, 0.6) is 0 Å². The molecule has 0 bridgehead atoms. The predicted molar refractivity (Wildman–Crippen MR) is 100 cm³/mol. The molecule has 0 saturated carbocycles. The van der Waals surface area contributed by atoms with E-state index in [1.807, 2.05) is 0 Å². The number of rotatable bonds is 4. The molecule has 24 heavy (non-hydrogen) atoms. The molecule has 0 atom stereocenters. The molecule has 0 aliphatic rings. The van der Waals surface area contributed by atoms with E-state index in [1.54, 1.807) is 0 Å². The van der Waals surface area contributed by atoms with Crippen molar-refractivity contribution in [2.24, 2.45) is 0 Å². The van der Waals surface area contributed by atoms with Crippen LogP contribution < -0.4 is 48.0 Å². The first-order valence-corrected chi connectivity index (χ1v) is 9.97.